The normalized spacial score (nSPS) is 31.5. The third-order valence-corrected chi connectivity index (χ3v) is 3.57. The molecule has 0 saturated carbocycles. The molecule has 0 aromatic carbocycles. The number of carboxylic acid groups (broad SMARTS) is 1. The molecule has 0 aromatic rings. The lowest BCUT2D eigenvalue weighted by molar-refractivity contribution is -0.173. The Hall–Kier alpha value is -1.43. The zero-order chi connectivity index (χ0) is 12.7. The summed E-state index contributed by atoms with van der Waals surface area (Å²) >= 11 is 0. The third-order valence-electron chi connectivity index (χ3n) is 3.57. The second-order valence-corrected chi connectivity index (χ2v) is 4.60. The van der Waals surface area contributed by atoms with Crippen molar-refractivity contribution in [3.8, 4) is 0 Å². The van der Waals surface area contributed by atoms with Crippen LogP contribution in [-0.4, -0.2) is 46.0 Å². The van der Waals surface area contributed by atoms with E-state index in [2.05, 4.69) is 0 Å². The van der Waals surface area contributed by atoms with Crippen LogP contribution in [0.5, 0.6) is 0 Å². The summed E-state index contributed by atoms with van der Waals surface area (Å²) in [7, 11) is 0. The summed E-state index contributed by atoms with van der Waals surface area (Å²) in [4.78, 5) is 35.9. The highest BCUT2D eigenvalue weighted by Gasteiger charge is 2.49. The van der Waals surface area contributed by atoms with Gasteiger partial charge in [-0.15, -0.1) is 0 Å². The Bertz CT molecular complexity index is 358. The monoisotopic (exact) mass is 241 g/mol. The van der Waals surface area contributed by atoms with E-state index >= 15 is 0 Å². The SMILES string of the molecule is CC(C(=O)O)C(C)N1C(=O)C2CCC(O2)C1=O. The van der Waals surface area contributed by atoms with E-state index in [-0.39, 0.29) is 0 Å². The van der Waals surface area contributed by atoms with E-state index in [4.69, 9.17) is 9.84 Å². The Morgan fingerprint density at radius 1 is 1.29 bits per heavy atom. The number of nitrogens with zero attached hydrogens (tertiary/aromatic N) is 1. The maximum atomic E-state index is 11.9. The van der Waals surface area contributed by atoms with Gasteiger partial charge in [-0.3, -0.25) is 19.3 Å². The topological polar surface area (TPSA) is 83.9 Å². The van der Waals surface area contributed by atoms with Crippen LogP contribution in [-0.2, 0) is 19.1 Å². The maximum Gasteiger partial charge on any atom is 0.308 e. The van der Waals surface area contributed by atoms with E-state index in [1.807, 2.05) is 0 Å². The number of ether oxygens (including phenoxy) is 1. The van der Waals surface area contributed by atoms with Gasteiger partial charge in [-0.25, -0.2) is 0 Å². The Morgan fingerprint density at radius 3 is 2.18 bits per heavy atom. The van der Waals surface area contributed by atoms with Crippen LogP contribution in [0, 0.1) is 5.92 Å². The number of carbonyl (C=O) groups is 3. The van der Waals surface area contributed by atoms with Crippen LogP contribution in [0.3, 0.4) is 0 Å². The van der Waals surface area contributed by atoms with Gasteiger partial charge in [0.15, 0.2) is 0 Å². The summed E-state index contributed by atoms with van der Waals surface area (Å²) in [5.74, 6) is -2.59. The molecule has 2 rings (SSSR count). The highest BCUT2D eigenvalue weighted by molar-refractivity contribution is 6.03. The fourth-order valence-corrected chi connectivity index (χ4v) is 2.25. The summed E-state index contributed by atoms with van der Waals surface area (Å²) in [6.07, 6.45) is -0.0536. The molecule has 1 N–H and O–H groups in total. The van der Waals surface area contributed by atoms with Crippen molar-refractivity contribution >= 4 is 17.8 Å². The van der Waals surface area contributed by atoms with Crippen LogP contribution < -0.4 is 0 Å². The summed E-state index contributed by atoms with van der Waals surface area (Å²) in [5.41, 5.74) is 0. The molecule has 2 saturated heterocycles. The van der Waals surface area contributed by atoms with Crippen molar-refractivity contribution in [1.29, 1.82) is 0 Å². The van der Waals surface area contributed by atoms with Gasteiger partial charge in [0.25, 0.3) is 11.8 Å². The average Bonchev–Trinajstić information content (AvgIpc) is 2.72. The zero-order valence-corrected chi connectivity index (χ0v) is 9.75. The van der Waals surface area contributed by atoms with Gasteiger partial charge in [0.1, 0.15) is 12.2 Å². The number of hydrogen-bond acceptors (Lipinski definition) is 4. The zero-order valence-electron chi connectivity index (χ0n) is 9.75. The second kappa shape index (κ2) is 4.10. The minimum Gasteiger partial charge on any atom is -0.481 e. The van der Waals surface area contributed by atoms with Crippen LogP contribution in [0.1, 0.15) is 26.7 Å². The molecule has 4 atom stereocenters. The first-order valence-electron chi connectivity index (χ1n) is 5.68. The lowest BCUT2D eigenvalue weighted by atomic mass is 10.0. The van der Waals surface area contributed by atoms with Gasteiger partial charge < -0.3 is 9.84 Å². The highest BCUT2D eigenvalue weighted by atomic mass is 16.5. The Kier molecular flexibility index (Phi) is 2.91. The molecular formula is C11H15NO5. The van der Waals surface area contributed by atoms with Gasteiger partial charge in [0.2, 0.25) is 0 Å². The number of rotatable bonds is 3. The number of carboxylic acids is 1. The standard InChI is InChI=1S/C11H15NO5/c1-5(11(15)16)6(2)12-9(13)7-3-4-8(17-7)10(12)14/h5-8H,3-4H2,1-2H3,(H,15,16). The van der Waals surface area contributed by atoms with E-state index < -0.39 is 42.0 Å². The molecule has 2 heterocycles. The number of carbonyl (C=O) groups excluding carboxylic acids is 2. The van der Waals surface area contributed by atoms with Gasteiger partial charge >= 0.3 is 5.97 Å². The van der Waals surface area contributed by atoms with Gasteiger partial charge in [0.05, 0.1) is 12.0 Å². The molecule has 0 spiro atoms. The number of likely N-dealkylation sites (tertiary alicyclic amines) is 1. The quantitative estimate of drug-likeness (QED) is 0.704. The molecule has 4 unspecified atom stereocenters. The van der Waals surface area contributed by atoms with E-state index in [0.29, 0.717) is 12.8 Å². The first-order chi connectivity index (χ1) is 7.93. The number of morpholine rings is 1. The summed E-state index contributed by atoms with van der Waals surface area (Å²) in [6.45, 7) is 3.07. The first kappa shape index (κ1) is 12.0. The lowest BCUT2D eigenvalue weighted by Gasteiger charge is -2.35. The second-order valence-electron chi connectivity index (χ2n) is 4.60. The molecule has 94 valence electrons. The first-order valence-corrected chi connectivity index (χ1v) is 5.68. The van der Waals surface area contributed by atoms with Gasteiger partial charge in [-0.1, -0.05) is 0 Å². The van der Waals surface area contributed by atoms with Crippen LogP contribution in [0.25, 0.3) is 0 Å². The molecule has 2 bridgehead atoms. The molecule has 0 aromatic heterocycles. The minimum atomic E-state index is -1.02. The van der Waals surface area contributed by atoms with Crippen molar-refractivity contribution < 1.29 is 24.2 Å². The fraction of sp³-hybridized carbons (Fsp3) is 0.727. The van der Waals surface area contributed by atoms with Crippen LogP contribution in [0.4, 0.5) is 0 Å². The van der Waals surface area contributed by atoms with Crippen molar-refractivity contribution in [3.63, 3.8) is 0 Å². The number of imide groups is 1. The smallest absolute Gasteiger partial charge is 0.308 e. The Morgan fingerprint density at radius 2 is 1.76 bits per heavy atom. The van der Waals surface area contributed by atoms with Gasteiger partial charge in [0, 0.05) is 0 Å². The van der Waals surface area contributed by atoms with Crippen molar-refractivity contribution in [2.45, 2.75) is 44.9 Å². The van der Waals surface area contributed by atoms with Gasteiger partial charge in [-0.2, -0.15) is 0 Å². The fourth-order valence-electron chi connectivity index (χ4n) is 2.25. The van der Waals surface area contributed by atoms with E-state index in [1.54, 1.807) is 6.92 Å². The molecule has 6 nitrogen and oxygen atoms in total. The molecule has 0 radical (unpaired) electrons. The van der Waals surface area contributed by atoms with Crippen LogP contribution in [0.15, 0.2) is 0 Å². The van der Waals surface area contributed by atoms with E-state index in [9.17, 15) is 14.4 Å². The predicted octanol–water partition coefficient (Wildman–Crippen LogP) is 0.0120. The number of amides is 2. The predicted molar refractivity (Wildman–Crippen MR) is 56.0 cm³/mol. The molecule has 2 aliphatic rings. The van der Waals surface area contributed by atoms with Crippen molar-refractivity contribution in [2.75, 3.05) is 0 Å². The van der Waals surface area contributed by atoms with E-state index in [1.165, 1.54) is 6.92 Å². The largest absolute Gasteiger partial charge is 0.481 e. The molecule has 2 amide bonds. The van der Waals surface area contributed by atoms with Gasteiger partial charge in [-0.05, 0) is 26.7 Å². The molecule has 0 aliphatic carbocycles. The van der Waals surface area contributed by atoms with Crippen molar-refractivity contribution in [2.24, 2.45) is 5.92 Å². The molecule has 6 heteroatoms. The minimum absolute atomic E-state index is 0.399. The van der Waals surface area contributed by atoms with E-state index in [0.717, 1.165) is 4.90 Å². The highest BCUT2D eigenvalue weighted by Crippen LogP contribution is 2.30. The number of fused-ring (bicyclic) bond motifs is 2. The number of aliphatic carboxylic acids is 1. The molecule has 17 heavy (non-hydrogen) atoms. The summed E-state index contributed by atoms with van der Waals surface area (Å²) in [5, 5.41) is 8.92. The maximum absolute atomic E-state index is 11.9. The Balaban J connectivity index is 2.22. The third kappa shape index (κ3) is 1.82. The molecule has 2 fully saturated rings. The van der Waals surface area contributed by atoms with Crippen molar-refractivity contribution in [3.05, 3.63) is 0 Å². The Labute approximate surface area is 98.5 Å². The average molecular weight is 241 g/mol. The lowest BCUT2D eigenvalue weighted by Crippen LogP contribution is -2.57. The molecular weight excluding hydrogens is 226 g/mol. The van der Waals surface area contributed by atoms with Crippen molar-refractivity contribution in [1.82, 2.24) is 4.90 Å². The number of hydrogen-bond donors (Lipinski definition) is 1. The summed E-state index contributed by atoms with van der Waals surface area (Å²) < 4.78 is 5.25. The summed E-state index contributed by atoms with van der Waals surface area (Å²) in [6, 6.07) is -0.639. The van der Waals surface area contributed by atoms with Crippen LogP contribution in [0.2, 0.25) is 0 Å². The van der Waals surface area contributed by atoms with Crippen LogP contribution >= 0.6 is 0 Å². The molecule has 2 aliphatic heterocycles.